The smallest absolute Gasteiger partial charge is 0.270 e. The quantitative estimate of drug-likeness (QED) is 0.835. The second-order valence-corrected chi connectivity index (χ2v) is 7.60. The molecule has 0 saturated carbocycles. The van der Waals surface area contributed by atoms with Gasteiger partial charge < -0.3 is 14.4 Å². The number of aryl methyl sites for hydroxylation is 1. The molecule has 0 aliphatic carbocycles. The Hall–Kier alpha value is -2.56. The monoisotopic (exact) mass is 351 g/mol. The maximum absolute atomic E-state index is 13.0. The molecule has 0 bridgehead atoms. The van der Waals surface area contributed by atoms with E-state index >= 15 is 0 Å². The fourth-order valence-corrected chi connectivity index (χ4v) is 4.69. The van der Waals surface area contributed by atoms with E-state index in [4.69, 9.17) is 0 Å². The molecule has 136 valence electrons. The maximum atomic E-state index is 13.0. The highest BCUT2D eigenvalue weighted by molar-refractivity contribution is 5.93. The first-order valence-electron chi connectivity index (χ1n) is 9.24. The highest BCUT2D eigenvalue weighted by Crippen LogP contribution is 2.50. The molecule has 1 aromatic carbocycles. The molecule has 0 N–H and O–H groups in total. The molecular weight excluding hydrogens is 326 g/mol. The predicted molar refractivity (Wildman–Crippen MR) is 99.8 cm³/mol. The Morgan fingerprint density at radius 1 is 1.04 bits per heavy atom. The molecule has 0 radical (unpaired) electrons. The lowest BCUT2D eigenvalue weighted by Crippen LogP contribution is -2.48. The van der Waals surface area contributed by atoms with Crippen LogP contribution in [0, 0.1) is 5.41 Å². The number of likely N-dealkylation sites (tertiary alicyclic amines) is 2. The van der Waals surface area contributed by atoms with Crippen molar-refractivity contribution in [1.29, 1.82) is 0 Å². The lowest BCUT2D eigenvalue weighted by molar-refractivity contribution is -0.137. The Bertz CT molecular complexity index is 819. The number of hydrogen-bond donors (Lipinski definition) is 0. The van der Waals surface area contributed by atoms with Crippen LogP contribution < -0.4 is 0 Å². The molecule has 2 amide bonds. The van der Waals surface area contributed by atoms with Crippen molar-refractivity contribution in [2.24, 2.45) is 12.5 Å². The highest BCUT2D eigenvalue weighted by Gasteiger charge is 2.54. The van der Waals surface area contributed by atoms with Crippen molar-refractivity contribution in [3.05, 3.63) is 59.9 Å². The lowest BCUT2D eigenvalue weighted by atomic mass is 9.68. The average Bonchev–Trinajstić information content (AvgIpc) is 3.20. The number of likely N-dealkylation sites (N-methyl/N-ethyl adjacent to an activating group) is 1. The van der Waals surface area contributed by atoms with Gasteiger partial charge in [0.05, 0.1) is 5.41 Å². The van der Waals surface area contributed by atoms with Crippen LogP contribution in [0.1, 0.15) is 34.8 Å². The van der Waals surface area contributed by atoms with Crippen LogP contribution in [-0.4, -0.2) is 52.9 Å². The molecule has 2 aliphatic rings. The third-order valence-electron chi connectivity index (χ3n) is 6.20. The van der Waals surface area contributed by atoms with Gasteiger partial charge in [0, 0.05) is 45.8 Å². The first-order valence-corrected chi connectivity index (χ1v) is 9.24. The topological polar surface area (TPSA) is 45.5 Å². The number of aromatic nitrogens is 1. The number of piperidine rings is 1. The third kappa shape index (κ3) is 2.54. The van der Waals surface area contributed by atoms with Gasteiger partial charge in [0.15, 0.2) is 0 Å². The molecular formula is C21H25N3O2. The Balaban J connectivity index is 1.57. The minimum Gasteiger partial charge on any atom is -0.347 e. The van der Waals surface area contributed by atoms with Crippen LogP contribution in [0.25, 0.3) is 0 Å². The molecule has 2 fully saturated rings. The number of benzene rings is 1. The SMILES string of the molecule is CN1CC(c2ccccc2)C2(CCN(C(=O)c3cccn3C)CC2)C1=O. The van der Waals surface area contributed by atoms with Gasteiger partial charge in [0.1, 0.15) is 5.69 Å². The van der Waals surface area contributed by atoms with Gasteiger partial charge in [-0.2, -0.15) is 0 Å². The van der Waals surface area contributed by atoms with Crippen molar-refractivity contribution >= 4 is 11.8 Å². The summed E-state index contributed by atoms with van der Waals surface area (Å²) in [5.74, 6) is 0.494. The third-order valence-corrected chi connectivity index (χ3v) is 6.20. The summed E-state index contributed by atoms with van der Waals surface area (Å²) in [5.41, 5.74) is 1.56. The molecule has 26 heavy (non-hydrogen) atoms. The van der Waals surface area contributed by atoms with E-state index < -0.39 is 0 Å². The largest absolute Gasteiger partial charge is 0.347 e. The van der Waals surface area contributed by atoms with E-state index in [0.717, 1.165) is 19.4 Å². The normalized spacial score (nSPS) is 22.2. The average molecular weight is 351 g/mol. The van der Waals surface area contributed by atoms with Gasteiger partial charge in [-0.3, -0.25) is 9.59 Å². The first kappa shape index (κ1) is 16.9. The van der Waals surface area contributed by atoms with Crippen LogP contribution in [0.15, 0.2) is 48.7 Å². The van der Waals surface area contributed by atoms with Gasteiger partial charge in [-0.25, -0.2) is 0 Å². The summed E-state index contributed by atoms with van der Waals surface area (Å²) < 4.78 is 1.86. The van der Waals surface area contributed by atoms with Crippen LogP contribution in [0.5, 0.6) is 0 Å². The molecule has 1 spiro atoms. The lowest BCUT2D eigenvalue weighted by Gasteiger charge is -2.41. The van der Waals surface area contributed by atoms with Crippen LogP contribution >= 0.6 is 0 Å². The second kappa shape index (κ2) is 6.31. The van der Waals surface area contributed by atoms with Crippen LogP contribution in [-0.2, 0) is 11.8 Å². The van der Waals surface area contributed by atoms with E-state index in [9.17, 15) is 9.59 Å². The van der Waals surface area contributed by atoms with E-state index in [0.29, 0.717) is 18.8 Å². The summed E-state index contributed by atoms with van der Waals surface area (Å²) >= 11 is 0. The van der Waals surface area contributed by atoms with Crippen LogP contribution in [0.4, 0.5) is 0 Å². The summed E-state index contributed by atoms with van der Waals surface area (Å²) in [6.07, 6.45) is 3.34. The van der Waals surface area contributed by atoms with Gasteiger partial charge in [-0.05, 0) is 30.5 Å². The molecule has 2 aromatic rings. The number of hydrogen-bond acceptors (Lipinski definition) is 2. The molecule has 3 heterocycles. The van der Waals surface area contributed by atoms with Crippen molar-refractivity contribution in [3.63, 3.8) is 0 Å². The minimum atomic E-state index is -0.374. The molecule has 2 saturated heterocycles. The molecule has 1 aromatic heterocycles. The van der Waals surface area contributed by atoms with Gasteiger partial charge in [0.2, 0.25) is 5.91 Å². The van der Waals surface area contributed by atoms with Gasteiger partial charge in [0.25, 0.3) is 5.91 Å². The zero-order valence-corrected chi connectivity index (χ0v) is 15.4. The molecule has 1 atom stereocenters. The van der Waals surface area contributed by atoms with Crippen LogP contribution in [0.3, 0.4) is 0 Å². The number of carbonyl (C=O) groups is 2. The fourth-order valence-electron chi connectivity index (χ4n) is 4.69. The standard InChI is InChI=1S/C21H25N3O2/c1-22-12-6-9-18(22)19(25)24-13-10-21(11-14-24)17(15-23(2)20(21)26)16-7-4-3-5-8-16/h3-9,12,17H,10-11,13-15H2,1-2H3. The van der Waals surface area contributed by atoms with Crippen LogP contribution in [0.2, 0.25) is 0 Å². The van der Waals surface area contributed by atoms with Crippen molar-refractivity contribution < 1.29 is 9.59 Å². The van der Waals surface area contributed by atoms with E-state index in [2.05, 4.69) is 12.1 Å². The Morgan fingerprint density at radius 3 is 2.35 bits per heavy atom. The Morgan fingerprint density at radius 2 is 1.73 bits per heavy atom. The molecule has 5 nitrogen and oxygen atoms in total. The fraction of sp³-hybridized carbons (Fsp3) is 0.429. The summed E-state index contributed by atoms with van der Waals surface area (Å²) in [6, 6.07) is 14.1. The number of amides is 2. The number of rotatable bonds is 2. The highest BCUT2D eigenvalue weighted by atomic mass is 16.2. The summed E-state index contributed by atoms with van der Waals surface area (Å²) in [4.78, 5) is 29.6. The van der Waals surface area contributed by atoms with E-state index in [1.807, 2.05) is 65.0 Å². The Kier molecular flexibility index (Phi) is 4.10. The summed E-state index contributed by atoms with van der Waals surface area (Å²) in [6.45, 7) is 2.02. The Labute approximate surface area is 154 Å². The molecule has 5 heteroatoms. The minimum absolute atomic E-state index is 0.0578. The summed E-state index contributed by atoms with van der Waals surface area (Å²) in [7, 11) is 3.79. The number of carbonyl (C=O) groups excluding carboxylic acids is 2. The maximum Gasteiger partial charge on any atom is 0.270 e. The van der Waals surface area contributed by atoms with E-state index in [1.165, 1.54) is 5.56 Å². The van der Waals surface area contributed by atoms with Crippen molar-refractivity contribution in [2.45, 2.75) is 18.8 Å². The molecule has 4 rings (SSSR count). The zero-order chi connectivity index (χ0) is 18.3. The number of nitrogens with zero attached hydrogens (tertiary/aromatic N) is 3. The van der Waals surface area contributed by atoms with Crippen molar-refractivity contribution in [3.8, 4) is 0 Å². The molecule has 1 unspecified atom stereocenters. The van der Waals surface area contributed by atoms with Gasteiger partial charge in [-0.15, -0.1) is 0 Å². The zero-order valence-electron chi connectivity index (χ0n) is 15.4. The van der Waals surface area contributed by atoms with E-state index in [-0.39, 0.29) is 23.1 Å². The van der Waals surface area contributed by atoms with Gasteiger partial charge >= 0.3 is 0 Å². The van der Waals surface area contributed by atoms with Crippen molar-refractivity contribution in [2.75, 3.05) is 26.7 Å². The second-order valence-electron chi connectivity index (χ2n) is 7.60. The summed E-state index contributed by atoms with van der Waals surface area (Å²) in [5, 5.41) is 0. The first-order chi connectivity index (χ1) is 12.5. The van der Waals surface area contributed by atoms with Gasteiger partial charge in [-0.1, -0.05) is 30.3 Å². The molecule has 2 aliphatic heterocycles. The van der Waals surface area contributed by atoms with Crippen molar-refractivity contribution in [1.82, 2.24) is 14.4 Å². The predicted octanol–water partition coefficient (Wildman–Crippen LogP) is 2.50. The van der Waals surface area contributed by atoms with E-state index in [1.54, 1.807) is 0 Å².